The molecule has 0 amide bonds. The monoisotopic (exact) mass is 287 g/mol. The van der Waals surface area contributed by atoms with Gasteiger partial charge in [-0.2, -0.15) is 10.4 Å². The molecule has 1 heterocycles. The van der Waals surface area contributed by atoms with Gasteiger partial charge in [0.05, 0.1) is 22.5 Å². The highest BCUT2D eigenvalue weighted by atomic mass is 35.5. The minimum absolute atomic E-state index is 0.518. The fourth-order valence-electron chi connectivity index (χ4n) is 1.21. The van der Waals surface area contributed by atoms with E-state index in [1.807, 2.05) is 27.7 Å². The Hall–Kier alpha value is -0.570. The second-order valence-electron chi connectivity index (χ2n) is 3.96. The standard InChI is InChI=1S/C11H14ClN3S2/c1-5-11(4,6-13)17-10(16)15-8(3)9(12)7(2)14-15/h5H2,1-4H3. The molecule has 0 saturated heterocycles. The Kier molecular flexibility index (Phi) is 4.59. The molecule has 1 aromatic rings. The van der Waals surface area contributed by atoms with Gasteiger partial charge in [0.15, 0.2) is 4.32 Å². The fraction of sp³-hybridized carbons (Fsp3) is 0.545. The summed E-state index contributed by atoms with van der Waals surface area (Å²) in [6.07, 6.45) is 0.724. The third kappa shape index (κ3) is 3.01. The van der Waals surface area contributed by atoms with Gasteiger partial charge in [-0.25, -0.2) is 4.68 Å². The number of aryl methyl sites for hydroxylation is 1. The summed E-state index contributed by atoms with van der Waals surface area (Å²) in [6.45, 7) is 7.54. The van der Waals surface area contributed by atoms with E-state index in [1.54, 1.807) is 4.68 Å². The van der Waals surface area contributed by atoms with Crippen molar-refractivity contribution in [3.8, 4) is 6.07 Å². The summed E-state index contributed by atoms with van der Waals surface area (Å²) in [5.74, 6) is 0. The number of nitrogens with zero attached hydrogens (tertiary/aromatic N) is 3. The Balaban J connectivity index is 2.99. The van der Waals surface area contributed by atoms with Gasteiger partial charge in [-0.05, 0) is 27.2 Å². The molecule has 0 spiro atoms. The normalized spacial score (nSPS) is 14.1. The number of rotatable bonds is 2. The highest BCUT2D eigenvalue weighted by molar-refractivity contribution is 8.24. The van der Waals surface area contributed by atoms with E-state index in [0.29, 0.717) is 9.34 Å². The second kappa shape index (κ2) is 5.38. The van der Waals surface area contributed by atoms with Crippen molar-refractivity contribution in [1.29, 1.82) is 5.26 Å². The average molecular weight is 288 g/mol. The van der Waals surface area contributed by atoms with Crippen LogP contribution in [0.2, 0.25) is 5.02 Å². The molecule has 0 N–H and O–H groups in total. The molecule has 1 atom stereocenters. The van der Waals surface area contributed by atoms with Crippen molar-refractivity contribution in [2.24, 2.45) is 0 Å². The molecular weight excluding hydrogens is 274 g/mol. The van der Waals surface area contributed by atoms with Gasteiger partial charge in [-0.3, -0.25) is 0 Å². The van der Waals surface area contributed by atoms with E-state index >= 15 is 0 Å². The zero-order chi connectivity index (χ0) is 13.2. The predicted molar refractivity (Wildman–Crippen MR) is 76.6 cm³/mol. The highest BCUT2D eigenvalue weighted by Crippen LogP contribution is 2.31. The van der Waals surface area contributed by atoms with Crippen molar-refractivity contribution in [3.05, 3.63) is 16.4 Å². The first-order valence-corrected chi connectivity index (χ1v) is 6.81. The summed E-state index contributed by atoms with van der Waals surface area (Å²) >= 11 is 12.7. The van der Waals surface area contributed by atoms with Crippen LogP contribution in [0.15, 0.2) is 0 Å². The first-order chi connectivity index (χ1) is 7.84. The molecule has 1 unspecified atom stereocenters. The molecule has 17 heavy (non-hydrogen) atoms. The van der Waals surface area contributed by atoms with Crippen LogP contribution < -0.4 is 0 Å². The van der Waals surface area contributed by atoms with Gasteiger partial charge in [0.25, 0.3) is 0 Å². The van der Waals surface area contributed by atoms with Crippen LogP contribution in [0.5, 0.6) is 0 Å². The quantitative estimate of drug-likeness (QED) is 0.778. The summed E-state index contributed by atoms with van der Waals surface area (Å²) in [4.78, 5) is 0. The smallest absolute Gasteiger partial charge is 0.163 e. The summed E-state index contributed by atoms with van der Waals surface area (Å²) < 4.78 is 1.67. The molecule has 0 radical (unpaired) electrons. The SMILES string of the molecule is CCC(C)(C#N)SC(=S)n1nc(C)c(Cl)c1C. The van der Waals surface area contributed by atoms with Gasteiger partial charge in [0.2, 0.25) is 0 Å². The molecule has 6 heteroatoms. The Morgan fingerprint density at radius 3 is 2.59 bits per heavy atom. The van der Waals surface area contributed by atoms with Gasteiger partial charge in [-0.15, -0.1) is 0 Å². The summed E-state index contributed by atoms with van der Waals surface area (Å²) in [5.41, 5.74) is 1.57. The number of thioether (sulfide) groups is 1. The third-order valence-corrected chi connectivity index (χ3v) is 4.75. The van der Waals surface area contributed by atoms with Crippen LogP contribution in [0, 0.1) is 25.2 Å². The largest absolute Gasteiger partial charge is 0.219 e. The molecule has 1 aromatic heterocycles. The lowest BCUT2D eigenvalue weighted by molar-refractivity contribution is 0.771. The van der Waals surface area contributed by atoms with Crippen molar-refractivity contribution >= 4 is 39.9 Å². The molecule has 3 nitrogen and oxygen atoms in total. The number of hydrogen-bond acceptors (Lipinski definition) is 4. The molecule has 1 rings (SSSR count). The van der Waals surface area contributed by atoms with Gasteiger partial charge < -0.3 is 0 Å². The highest BCUT2D eigenvalue weighted by Gasteiger charge is 2.26. The maximum absolute atomic E-state index is 9.12. The molecule has 0 aliphatic carbocycles. The van der Waals surface area contributed by atoms with E-state index in [-0.39, 0.29) is 0 Å². The van der Waals surface area contributed by atoms with Crippen LogP contribution >= 0.6 is 35.6 Å². The maximum Gasteiger partial charge on any atom is 0.163 e. The molecular formula is C11H14ClN3S2. The van der Waals surface area contributed by atoms with Gasteiger partial charge in [-0.1, -0.05) is 42.5 Å². The summed E-state index contributed by atoms with van der Waals surface area (Å²) in [7, 11) is 0. The van der Waals surface area contributed by atoms with Crippen molar-refractivity contribution in [2.45, 2.75) is 38.9 Å². The van der Waals surface area contributed by atoms with Crippen molar-refractivity contribution in [2.75, 3.05) is 0 Å². The maximum atomic E-state index is 9.12. The molecule has 0 fully saturated rings. The molecule has 0 aliphatic rings. The van der Waals surface area contributed by atoms with Gasteiger partial charge in [0.1, 0.15) is 4.75 Å². The van der Waals surface area contributed by atoms with E-state index < -0.39 is 4.75 Å². The van der Waals surface area contributed by atoms with Crippen molar-refractivity contribution < 1.29 is 0 Å². The van der Waals surface area contributed by atoms with Crippen LogP contribution in [-0.2, 0) is 0 Å². The summed E-state index contributed by atoms with van der Waals surface area (Å²) in [6, 6.07) is 2.27. The Labute approximate surface area is 116 Å². The molecule has 0 aliphatic heterocycles. The van der Waals surface area contributed by atoms with Crippen molar-refractivity contribution in [1.82, 2.24) is 9.78 Å². The predicted octanol–water partition coefficient (Wildman–Crippen LogP) is 3.71. The Bertz CT molecular complexity index is 490. The molecule has 0 aromatic carbocycles. The third-order valence-electron chi connectivity index (χ3n) is 2.60. The topological polar surface area (TPSA) is 41.6 Å². The minimum atomic E-state index is -0.518. The van der Waals surface area contributed by atoms with E-state index in [2.05, 4.69) is 11.2 Å². The lowest BCUT2D eigenvalue weighted by Crippen LogP contribution is -2.22. The van der Waals surface area contributed by atoms with E-state index in [9.17, 15) is 0 Å². The number of halogens is 1. The summed E-state index contributed by atoms with van der Waals surface area (Å²) in [5, 5.41) is 14.0. The lowest BCUT2D eigenvalue weighted by Gasteiger charge is -2.19. The van der Waals surface area contributed by atoms with E-state index in [4.69, 9.17) is 29.1 Å². The first-order valence-electron chi connectivity index (χ1n) is 5.21. The fourth-order valence-corrected chi connectivity index (χ4v) is 2.90. The zero-order valence-corrected chi connectivity index (χ0v) is 12.6. The van der Waals surface area contributed by atoms with Crippen LogP contribution in [0.25, 0.3) is 0 Å². The van der Waals surface area contributed by atoms with Crippen LogP contribution in [0.1, 0.15) is 31.7 Å². The number of nitriles is 1. The first kappa shape index (κ1) is 14.5. The average Bonchev–Trinajstić information content (AvgIpc) is 2.57. The number of thiocarbonyl (C=S) groups is 1. The van der Waals surface area contributed by atoms with Crippen LogP contribution in [0.4, 0.5) is 0 Å². The Morgan fingerprint density at radius 1 is 1.65 bits per heavy atom. The van der Waals surface area contributed by atoms with Crippen molar-refractivity contribution in [3.63, 3.8) is 0 Å². The number of aromatic nitrogens is 2. The number of hydrogen-bond donors (Lipinski definition) is 0. The van der Waals surface area contributed by atoms with Crippen LogP contribution in [-0.4, -0.2) is 18.8 Å². The minimum Gasteiger partial charge on any atom is -0.219 e. The molecule has 92 valence electrons. The van der Waals surface area contributed by atoms with E-state index in [0.717, 1.165) is 17.8 Å². The van der Waals surface area contributed by atoms with Gasteiger partial charge >= 0.3 is 0 Å². The second-order valence-corrected chi connectivity index (χ2v) is 6.48. The van der Waals surface area contributed by atoms with E-state index in [1.165, 1.54) is 11.8 Å². The zero-order valence-electron chi connectivity index (χ0n) is 10.2. The van der Waals surface area contributed by atoms with Gasteiger partial charge in [0, 0.05) is 0 Å². The molecule has 0 saturated carbocycles. The lowest BCUT2D eigenvalue weighted by atomic mass is 10.1. The molecule has 0 bridgehead atoms. The Morgan fingerprint density at radius 2 is 2.24 bits per heavy atom. The van der Waals surface area contributed by atoms with Crippen LogP contribution in [0.3, 0.4) is 0 Å².